The van der Waals surface area contributed by atoms with Crippen molar-refractivity contribution in [1.29, 1.82) is 0 Å². The van der Waals surface area contributed by atoms with Gasteiger partial charge in [0.2, 0.25) is 5.91 Å². The molecule has 0 unspecified atom stereocenters. The Labute approximate surface area is 141 Å². The molecule has 2 saturated carbocycles. The Morgan fingerprint density at radius 2 is 1.78 bits per heavy atom. The quantitative estimate of drug-likeness (QED) is 0.771. The van der Waals surface area contributed by atoms with Crippen LogP contribution in [0.3, 0.4) is 0 Å². The van der Waals surface area contributed by atoms with Gasteiger partial charge in [-0.25, -0.2) is 4.79 Å². The molecule has 2 aliphatic carbocycles. The third-order valence-corrected chi connectivity index (χ3v) is 6.48. The lowest BCUT2D eigenvalue weighted by molar-refractivity contribution is -0.139. The van der Waals surface area contributed by atoms with Gasteiger partial charge in [-0.2, -0.15) is 5.01 Å². The number of carbonyl (C=O) groups excluding carboxylic acids is 3. The van der Waals surface area contributed by atoms with Gasteiger partial charge in [-0.3, -0.25) is 15.0 Å². The normalized spacial score (nSPS) is 24.8. The van der Waals surface area contributed by atoms with Gasteiger partial charge < -0.3 is 5.32 Å². The number of urea groups is 1. The van der Waals surface area contributed by atoms with Crippen LogP contribution in [0.4, 0.5) is 4.79 Å². The highest BCUT2D eigenvalue weighted by Crippen LogP contribution is 2.33. The molecule has 2 N–H and O–H groups in total. The van der Waals surface area contributed by atoms with Gasteiger partial charge in [-0.05, 0) is 25.7 Å². The van der Waals surface area contributed by atoms with Gasteiger partial charge in [0.05, 0.1) is 5.75 Å². The molecule has 0 atom stereocenters. The molecule has 0 aromatic carbocycles. The second kappa shape index (κ2) is 7.11. The number of hydrazine groups is 1. The van der Waals surface area contributed by atoms with E-state index in [2.05, 4.69) is 10.7 Å². The third-order valence-electron chi connectivity index (χ3n) is 5.11. The number of imide groups is 1. The predicted molar refractivity (Wildman–Crippen MR) is 88.7 cm³/mol. The van der Waals surface area contributed by atoms with Gasteiger partial charge in [0.1, 0.15) is 5.54 Å². The highest BCUT2D eigenvalue weighted by Gasteiger charge is 2.52. The van der Waals surface area contributed by atoms with E-state index < -0.39 is 11.6 Å². The smallest absolute Gasteiger partial charge is 0.322 e. The molecule has 0 aromatic rings. The SMILES string of the molecule is O=C(CSC1CCCCC1)NN1C(=O)NC2(CCCCC2)C1=O. The van der Waals surface area contributed by atoms with Crippen molar-refractivity contribution in [2.24, 2.45) is 0 Å². The molecule has 0 bridgehead atoms. The monoisotopic (exact) mass is 339 g/mol. The van der Waals surface area contributed by atoms with Crippen LogP contribution in [0.1, 0.15) is 64.2 Å². The van der Waals surface area contributed by atoms with Gasteiger partial charge in [0.15, 0.2) is 0 Å². The second-order valence-electron chi connectivity index (χ2n) is 6.82. The zero-order chi connectivity index (χ0) is 16.3. The molecule has 1 saturated heterocycles. The van der Waals surface area contributed by atoms with E-state index in [0.717, 1.165) is 37.1 Å². The maximum Gasteiger partial charge on any atom is 0.344 e. The van der Waals surface area contributed by atoms with Gasteiger partial charge >= 0.3 is 6.03 Å². The van der Waals surface area contributed by atoms with Crippen LogP contribution in [-0.2, 0) is 9.59 Å². The van der Waals surface area contributed by atoms with E-state index in [1.807, 2.05) is 0 Å². The summed E-state index contributed by atoms with van der Waals surface area (Å²) in [6.07, 6.45) is 10.4. The summed E-state index contributed by atoms with van der Waals surface area (Å²) in [4.78, 5) is 36.7. The van der Waals surface area contributed by atoms with Crippen LogP contribution in [-0.4, -0.2) is 39.4 Å². The second-order valence-corrected chi connectivity index (χ2v) is 8.11. The number of rotatable bonds is 4. The molecule has 3 rings (SSSR count). The number of hydrogen-bond acceptors (Lipinski definition) is 4. The minimum absolute atomic E-state index is 0.267. The lowest BCUT2D eigenvalue weighted by atomic mass is 9.82. The molecule has 7 heteroatoms. The highest BCUT2D eigenvalue weighted by atomic mass is 32.2. The van der Waals surface area contributed by atoms with Gasteiger partial charge in [-0.1, -0.05) is 38.5 Å². The molecular weight excluding hydrogens is 314 g/mol. The molecule has 1 aliphatic heterocycles. The molecule has 3 fully saturated rings. The van der Waals surface area contributed by atoms with Crippen LogP contribution in [0.5, 0.6) is 0 Å². The van der Waals surface area contributed by atoms with Crippen molar-refractivity contribution in [1.82, 2.24) is 15.8 Å². The largest absolute Gasteiger partial charge is 0.344 e. The molecule has 0 radical (unpaired) electrons. The summed E-state index contributed by atoms with van der Waals surface area (Å²) in [5, 5.41) is 4.22. The van der Waals surface area contributed by atoms with Gasteiger partial charge in [0, 0.05) is 5.25 Å². The molecule has 128 valence electrons. The van der Waals surface area contributed by atoms with Crippen molar-refractivity contribution in [2.45, 2.75) is 75.0 Å². The first kappa shape index (κ1) is 16.6. The average molecular weight is 339 g/mol. The Bertz CT molecular complexity index is 485. The summed E-state index contributed by atoms with van der Waals surface area (Å²) in [5.41, 5.74) is 1.72. The Morgan fingerprint density at radius 1 is 1.13 bits per heavy atom. The molecule has 4 amide bonds. The zero-order valence-electron chi connectivity index (χ0n) is 13.4. The summed E-state index contributed by atoms with van der Waals surface area (Å²) in [5.74, 6) is -0.260. The van der Waals surface area contributed by atoms with Crippen molar-refractivity contribution >= 4 is 29.6 Å². The third kappa shape index (κ3) is 3.65. The van der Waals surface area contributed by atoms with Crippen LogP contribution in [0.25, 0.3) is 0 Å². The molecule has 23 heavy (non-hydrogen) atoms. The minimum Gasteiger partial charge on any atom is -0.322 e. The molecular formula is C16H25N3O3S. The van der Waals surface area contributed by atoms with Gasteiger partial charge in [0.25, 0.3) is 5.91 Å². The highest BCUT2D eigenvalue weighted by molar-refractivity contribution is 8.00. The lowest BCUT2D eigenvalue weighted by Crippen LogP contribution is -2.51. The van der Waals surface area contributed by atoms with E-state index in [1.165, 1.54) is 19.3 Å². The van der Waals surface area contributed by atoms with Crippen molar-refractivity contribution in [3.05, 3.63) is 0 Å². The summed E-state index contributed by atoms with van der Waals surface area (Å²) in [6.45, 7) is 0. The van der Waals surface area contributed by atoms with E-state index in [9.17, 15) is 14.4 Å². The lowest BCUT2D eigenvalue weighted by Gasteiger charge is -2.30. The van der Waals surface area contributed by atoms with Gasteiger partial charge in [-0.15, -0.1) is 11.8 Å². The Balaban J connectivity index is 1.51. The maximum absolute atomic E-state index is 12.6. The van der Waals surface area contributed by atoms with Crippen molar-refractivity contribution < 1.29 is 14.4 Å². The Kier molecular flexibility index (Phi) is 5.14. The van der Waals surface area contributed by atoms with Crippen LogP contribution in [0.15, 0.2) is 0 Å². The number of hydrogen-bond donors (Lipinski definition) is 2. The number of thioether (sulfide) groups is 1. The maximum atomic E-state index is 12.6. The van der Waals surface area contributed by atoms with Crippen LogP contribution in [0, 0.1) is 0 Å². The summed E-state index contributed by atoms with van der Waals surface area (Å²) in [7, 11) is 0. The number of carbonyl (C=O) groups is 3. The Morgan fingerprint density at radius 3 is 2.48 bits per heavy atom. The van der Waals surface area contributed by atoms with Crippen molar-refractivity contribution in [3.63, 3.8) is 0 Å². The predicted octanol–water partition coefficient (Wildman–Crippen LogP) is 2.34. The van der Waals surface area contributed by atoms with E-state index in [1.54, 1.807) is 11.8 Å². The fourth-order valence-electron chi connectivity index (χ4n) is 3.80. The first-order chi connectivity index (χ1) is 11.1. The van der Waals surface area contributed by atoms with Crippen molar-refractivity contribution in [3.8, 4) is 0 Å². The fraction of sp³-hybridized carbons (Fsp3) is 0.812. The van der Waals surface area contributed by atoms with Crippen LogP contribution in [0.2, 0.25) is 0 Å². The van der Waals surface area contributed by atoms with E-state index in [4.69, 9.17) is 0 Å². The fourth-order valence-corrected chi connectivity index (χ4v) is 4.92. The standard InChI is InChI=1S/C16H25N3O3S/c20-13(11-23-12-7-3-1-4-8-12)18-19-14(21)16(17-15(19)22)9-5-2-6-10-16/h12H,1-11H2,(H,17,22)(H,18,20). The number of nitrogens with one attached hydrogen (secondary N) is 2. The molecule has 3 aliphatic rings. The summed E-state index contributed by atoms with van der Waals surface area (Å²) >= 11 is 1.64. The topological polar surface area (TPSA) is 78.5 Å². The molecule has 1 spiro atoms. The zero-order valence-corrected chi connectivity index (χ0v) is 14.3. The Hall–Kier alpha value is -1.24. The van der Waals surface area contributed by atoms with E-state index in [0.29, 0.717) is 23.8 Å². The number of amides is 4. The van der Waals surface area contributed by atoms with E-state index >= 15 is 0 Å². The molecule has 0 aromatic heterocycles. The molecule has 1 heterocycles. The van der Waals surface area contributed by atoms with E-state index in [-0.39, 0.29) is 11.8 Å². The van der Waals surface area contributed by atoms with Crippen molar-refractivity contribution in [2.75, 3.05) is 5.75 Å². The summed E-state index contributed by atoms with van der Waals surface area (Å²) in [6, 6.07) is -0.493. The molecule has 6 nitrogen and oxygen atoms in total. The minimum atomic E-state index is -0.779. The van der Waals surface area contributed by atoms with Crippen LogP contribution >= 0.6 is 11.8 Å². The first-order valence-electron chi connectivity index (χ1n) is 8.68. The van der Waals surface area contributed by atoms with Crippen LogP contribution < -0.4 is 10.7 Å². The first-order valence-corrected chi connectivity index (χ1v) is 9.73. The summed E-state index contributed by atoms with van der Waals surface area (Å²) < 4.78 is 0. The number of nitrogens with zero attached hydrogens (tertiary/aromatic N) is 1. The average Bonchev–Trinajstić information content (AvgIpc) is 2.79.